The van der Waals surface area contributed by atoms with Gasteiger partial charge in [0.1, 0.15) is 0 Å². The highest BCUT2D eigenvalue weighted by Gasteiger charge is 2.16. The zero-order valence-corrected chi connectivity index (χ0v) is 18.1. The van der Waals surface area contributed by atoms with Gasteiger partial charge < -0.3 is 0 Å². The lowest BCUT2D eigenvalue weighted by molar-refractivity contribution is 1.12. The van der Waals surface area contributed by atoms with Crippen LogP contribution in [-0.2, 0) is 0 Å². The molecule has 6 aromatic rings. The first-order chi connectivity index (χ1) is 14.8. The van der Waals surface area contributed by atoms with Crippen LogP contribution in [0.15, 0.2) is 97.1 Å². The predicted octanol–water partition coefficient (Wildman–Crippen LogP) is 6.97. The summed E-state index contributed by atoms with van der Waals surface area (Å²) in [6, 6.07) is 34.0. The number of hydrogen-bond acceptors (Lipinski definition) is 2. The van der Waals surface area contributed by atoms with E-state index in [1.165, 1.54) is 25.5 Å². The van der Waals surface area contributed by atoms with Crippen molar-refractivity contribution in [2.45, 2.75) is 0 Å². The maximum atomic E-state index is 4.64. The van der Waals surface area contributed by atoms with Crippen molar-refractivity contribution in [1.29, 1.82) is 0 Å². The zero-order chi connectivity index (χ0) is 20.1. The molecule has 0 aliphatic rings. The second kappa shape index (κ2) is 6.92. The van der Waals surface area contributed by atoms with E-state index >= 15 is 0 Å². The Morgan fingerprint density at radius 1 is 0.567 bits per heavy atom. The lowest BCUT2D eigenvalue weighted by Crippen LogP contribution is -1.94. The van der Waals surface area contributed by atoms with E-state index in [1.54, 1.807) is 0 Å². The molecule has 3 nitrogen and oxygen atoms in total. The molecule has 142 valence electrons. The largest absolute Gasteiger partial charge is 0.274 e. The Bertz CT molecular complexity index is 1530. The Labute approximate surface area is 187 Å². The fourth-order valence-corrected chi connectivity index (χ4v) is 4.50. The van der Waals surface area contributed by atoms with Crippen LogP contribution in [0.3, 0.4) is 0 Å². The minimum absolute atomic E-state index is 0.865. The molecule has 0 aliphatic carbocycles. The van der Waals surface area contributed by atoms with Crippen LogP contribution in [0.5, 0.6) is 0 Å². The molecule has 0 atom stereocenters. The summed E-state index contributed by atoms with van der Waals surface area (Å²) in [5, 5.41) is 12.8. The van der Waals surface area contributed by atoms with Gasteiger partial charge >= 0.3 is 0 Å². The Hall–Kier alpha value is -3.25. The number of halogens is 1. The van der Waals surface area contributed by atoms with E-state index in [1.807, 2.05) is 6.07 Å². The molecule has 0 fully saturated rings. The van der Waals surface area contributed by atoms with Gasteiger partial charge in [0.15, 0.2) is 11.5 Å². The molecule has 0 saturated heterocycles. The second-order valence-electron chi connectivity index (χ2n) is 7.33. The molecule has 0 amide bonds. The minimum Gasteiger partial charge on any atom is -0.274 e. The number of benzene rings is 4. The molecule has 0 spiro atoms. The van der Waals surface area contributed by atoms with Crippen molar-refractivity contribution in [3.63, 3.8) is 0 Å². The van der Waals surface area contributed by atoms with Crippen molar-refractivity contribution in [3.05, 3.63) is 101 Å². The van der Waals surface area contributed by atoms with E-state index < -0.39 is 0 Å². The molecule has 30 heavy (non-hydrogen) atoms. The van der Waals surface area contributed by atoms with E-state index in [0.717, 1.165) is 27.9 Å². The maximum absolute atomic E-state index is 4.64. The number of para-hydroxylation sites is 1. The molecular formula is C26H16IN3. The summed E-state index contributed by atoms with van der Waals surface area (Å²) in [5.74, 6) is 0.865. The predicted molar refractivity (Wildman–Crippen MR) is 132 cm³/mol. The van der Waals surface area contributed by atoms with Crippen LogP contribution in [0.2, 0.25) is 0 Å². The number of pyridine rings is 1. The normalized spacial score (nSPS) is 11.5. The average molecular weight is 497 g/mol. The molecular weight excluding hydrogens is 481 g/mol. The van der Waals surface area contributed by atoms with Crippen LogP contribution in [-0.4, -0.2) is 14.6 Å². The summed E-state index contributed by atoms with van der Waals surface area (Å²) in [7, 11) is 0. The fraction of sp³-hybridized carbons (Fsp3) is 0. The highest BCUT2D eigenvalue weighted by Crippen LogP contribution is 2.34. The van der Waals surface area contributed by atoms with Gasteiger partial charge in [0.25, 0.3) is 0 Å². The number of aromatic nitrogens is 3. The van der Waals surface area contributed by atoms with Crippen molar-refractivity contribution >= 4 is 49.9 Å². The summed E-state index contributed by atoms with van der Waals surface area (Å²) in [6.45, 7) is 0. The Balaban J connectivity index is 1.73. The average Bonchev–Trinajstić information content (AvgIpc) is 3.26. The molecule has 0 unspecified atom stereocenters. The van der Waals surface area contributed by atoms with E-state index in [9.17, 15) is 0 Å². The van der Waals surface area contributed by atoms with Gasteiger partial charge in [-0.3, -0.25) is 4.40 Å². The van der Waals surface area contributed by atoms with Gasteiger partial charge in [-0.25, -0.2) is 0 Å². The zero-order valence-electron chi connectivity index (χ0n) is 16.0. The van der Waals surface area contributed by atoms with Crippen LogP contribution in [0.4, 0.5) is 0 Å². The summed E-state index contributed by atoms with van der Waals surface area (Å²) in [5.41, 5.74) is 5.44. The summed E-state index contributed by atoms with van der Waals surface area (Å²) in [4.78, 5) is 0. The van der Waals surface area contributed by atoms with E-state index in [2.05, 4.69) is 128 Å². The molecule has 2 heterocycles. The molecule has 0 bridgehead atoms. The van der Waals surface area contributed by atoms with E-state index in [-0.39, 0.29) is 0 Å². The molecule has 0 radical (unpaired) electrons. The Morgan fingerprint density at radius 2 is 1.30 bits per heavy atom. The van der Waals surface area contributed by atoms with Crippen molar-refractivity contribution in [2.75, 3.05) is 0 Å². The first-order valence-electron chi connectivity index (χ1n) is 9.80. The van der Waals surface area contributed by atoms with Crippen LogP contribution in [0.25, 0.3) is 49.8 Å². The lowest BCUT2D eigenvalue weighted by atomic mass is 9.99. The third kappa shape index (κ3) is 2.71. The summed E-state index contributed by atoms with van der Waals surface area (Å²) < 4.78 is 3.39. The molecule has 0 aliphatic heterocycles. The topological polar surface area (TPSA) is 30.2 Å². The van der Waals surface area contributed by atoms with Gasteiger partial charge in [0.2, 0.25) is 0 Å². The molecule has 0 saturated carbocycles. The van der Waals surface area contributed by atoms with Gasteiger partial charge in [0, 0.05) is 19.9 Å². The number of fused-ring (bicyclic) bond motifs is 6. The standard InChI is InChI=1S/C26H16IN3/c27-20-13-10-18(11-14-20)25-28-29-26-23-16-19(17-6-2-1-3-7-17)12-15-21(23)22-8-4-5-9-24(22)30(25)26/h1-16H. The minimum atomic E-state index is 0.865. The van der Waals surface area contributed by atoms with Crippen molar-refractivity contribution in [2.24, 2.45) is 0 Å². The molecule has 2 aromatic heterocycles. The highest BCUT2D eigenvalue weighted by atomic mass is 127. The fourth-order valence-electron chi connectivity index (χ4n) is 4.14. The molecule has 4 aromatic carbocycles. The number of nitrogens with zero attached hydrogens (tertiary/aromatic N) is 3. The van der Waals surface area contributed by atoms with Crippen molar-refractivity contribution in [1.82, 2.24) is 14.6 Å². The quantitative estimate of drug-likeness (QED) is 0.191. The summed E-state index contributed by atoms with van der Waals surface area (Å²) in [6.07, 6.45) is 0. The van der Waals surface area contributed by atoms with Gasteiger partial charge in [-0.2, -0.15) is 0 Å². The second-order valence-corrected chi connectivity index (χ2v) is 8.58. The smallest absolute Gasteiger partial charge is 0.169 e. The van der Waals surface area contributed by atoms with Gasteiger partial charge in [-0.15, -0.1) is 10.2 Å². The first-order valence-corrected chi connectivity index (χ1v) is 10.9. The Morgan fingerprint density at radius 3 is 2.13 bits per heavy atom. The number of hydrogen-bond donors (Lipinski definition) is 0. The molecule has 0 N–H and O–H groups in total. The third-order valence-electron chi connectivity index (χ3n) is 5.57. The van der Waals surface area contributed by atoms with Crippen LogP contribution < -0.4 is 0 Å². The highest BCUT2D eigenvalue weighted by molar-refractivity contribution is 14.1. The van der Waals surface area contributed by atoms with Crippen LogP contribution in [0.1, 0.15) is 0 Å². The summed E-state index contributed by atoms with van der Waals surface area (Å²) >= 11 is 2.32. The lowest BCUT2D eigenvalue weighted by Gasteiger charge is -2.11. The maximum Gasteiger partial charge on any atom is 0.169 e. The van der Waals surface area contributed by atoms with Crippen molar-refractivity contribution < 1.29 is 0 Å². The van der Waals surface area contributed by atoms with Crippen LogP contribution in [0, 0.1) is 3.57 Å². The molecule has 4 heteroatoms. The number of rotatable bonds is 2. The SMILES string of the molecule is Ic1ccc(-c2nnc3c4cc(-c5ccccc5)ccc4c4ccccc4n23)cc1. The monoisotopic (exact) mass is 497 g/mol. The van der Waals surface area contributed by atoms with Crippen LogP contribution >= 0.6 is 22.6 Å². The van der Waals surface area contributed by atoms with Gasteiger partial charge in [-0.05, 0) is 63.4 Å². The van der Waals surface area contributed by atoms with Gasteiger partial charge in [0.05, 0.1) is 5.52 Å². The van der Waals surface area contributed by atoms with Crippen molar-refractivity contribution in [3.8, 4) is 22.5 Å². The molecule has 6 rings (SSSR count). The third-order valence-corrected chi connectivity index (χ3v) is 6.29. The van der Waals surface area contributed by atoms with Gasteiger partial charge in [-0.1, -0.05) is 72.8 Å². The van der Waals surface area contributed by atoms with E-state index in [0.29, 0.717) is 0 Å². The first kappa shape index (κ1) is 17.6. The Kier molecular flexibility index (Phi) is 4.06. The van der Waals surface area contributed by atoms with E-state index in [4.69, 9.17) is 0 Å².